The van der Waals surface area contributed by atoms with Crippen LogP contribution in [0.4, 0.5) is 16.2 Å². The van der Waals surface area contributed by atoms with Crippen molar-refractivity contribution in [3.05, 3.63) is 59.2 Å². The first-order valence-electron chi connectivity index (χ1n) is 14.4. The number of amides is 5. The van der Waals surface area contributed by atoms with E-state index >= 15 is 0 Å². The third kappa shape index (κ3) is 6.54. The molecule has 2 aromatic carbocycles. The second-order valence-corrected chi connectivity index (χ2v) is 11.4. The maximum atomic E-state index is 13.8. The van der Waals surface area contributed by atoms with E-state index in [1.807, 2.05) is 42.5 Å². The fraction of sp³-hybridized carbons (Fsp3) is 0.500. The van der Waals surface area contributed by atoms with E-state index in [1.54, 1.807) is 4.90 Å². The van der Waals surface area contributed by atoms with Crippen molar-refractivity contribution in [3.63, 3.8) is 0 Å². The molecule has 4 rings (SSSR count). The SMILES string of the molecule is CC(N)=O.CCc1ccc(N2C(=O)N(CC(=O)Nc3c(C(C)C)cccc3C(C)C)C(=O)C23CCCCC3)cc1. The molecule has 5 amide bonds. The molecule has 8 heteroatoms. The molecule has 1 saturated heterocycles. The molecular formula is C32H44N4O4. The highest BCUT2D eigenvalue weighted by atomic mass is 16.2. The van der Waals surface area contributed by atoms with Crippen LogP contribution in [-0.2, 0) is 20.8 Å². The summed E-state index contributed by atoms with van der Waals surface area (Å²) >= 11 is 0. The van der Waals surface area contributed by atoms with Crippen LogP contribution in [0, 0.1) is 0 Å². The molecule has 3 N–H and O–H groups in total. The summed E-state index contributed by atoms with van der Waals surface area (Å²) in [4.78, 5) is 52.9. The van der Waals surface area contributed by atoms with Crippen molar-refractivity contribution in [2.75, 3.05) is 16.8 Å². The van der Waals surface area contributed by atoms with Crippen molar-refractivity contribution in [2.45, 2.75) is 97.4 Å². The third-order valence-corrected chi connectivity index (χ3v) is 7.72. The average molecular weight is 549 g/mol. The highest BCUT2D eigenvalue weighted by Gasteiger charge is 2.58. The Bertz CT molecular complexity index is 1200. The number of rotatable bonds is 7. The zero-order chi connectivity index (χ0) is 29.6. The first kappa shape index (κ1) is 30.9. The van der Waals surface area contributed by atoms with Gasteiger partial charge in [-0.05, 0) is 59.9 Å². The van der Waals surface area contributed by atoms with E-state index in [9.17, 15) is 19.2 Å². The van der Waals surface area contributed by atoms with Crippen LogP contribution in [0.1, 0.15) is 102 Å². The van der Waals surface area contributed by atoms with Gasteiger partial charge in [0.2, 0.25) is 11.8 Å². The number of nitrogens with two attached hydrogens (primary N) is 1. The summed E-state index contributed by atoms with van der Waals surface area (Å²) in [5.74, 6) is -0.480. The van der Waals surface area contributed by atoms with E-state index in [-0.39, 0.29) is 36.1 Å². The topological polar surface area (TPSA) is 113 Å². The van der Waals surface area contributed by atoms with Gasteiger partial charge >= 0.3 is 6.03 Å². The predicted molar refractivity (Wildman–Crippen MR) is 159 cm³/mol. The number of primary amides is 1. The van der Waals surface area contributed by atoms with E-state index in [0.717, 1.165) is 48.2 Å². The normalized spacial score (nSPS) is 16.4. The number of carbonyl (C=O) groups is 4. The average Bonchev–Trinajstić information content (AvgIpc) is 3.09. The summed E-state index contributed by atoms with van der Waals surface area (Å²) in [6.07, 6.45) is 4.99. The van der Waals surface area contributed by atoms with E-state index < -0.39 is 11.6 Å². The summed E-state index contributed by atoms with van der Waals surface area (Å²) in [6.45, 7) is 11.5. The zero-order valence-electron chi connectivity index (χ0n) is 24.8. The molecular weight excluding hydrogens is 504 g/mol. The number of nitrogens with one attached hydrogen (secondary N) is 1. The van der Waals surface area contributed by atoms with E-state index in [1.165, 1.54) is 17.4 Å². The van der Waals surface area contributed by atoms with Crippen LogP contribution in [0.5, 0.6) is 0 Å². The van der Waals surface area contributed by atoms with E-state index in [4.69, 9.17) is 0 Å². The molecule has 2 aliphatic rings. The summed E-state index contributed by atoms with van der Waals surface area (Å²) in [7, 11) is 0. The number of para-hydroxylation sites is 1. The molecule has 1 saturated carbocycles. The van der Waals surface area contributed by atoms with Gasteiger partial charge in [0.15, 0.2) is 0 Å². The lowest BCUT2D eigenvalue weighted by Crippen LogP contribution is -2.51. The molecule has 0 bridgehead atoms. The molecule has 1 aliphatic heterocycles. The van der Waals surface area contributed by atoms with Crippen LogP contribution in [-0.4, -0.2) is 40.7 Å². The number of urea groups is 1. The number of imide groups is 1. The predicted octanol–water partition coefficient (Wildman–Crippen LogP) is 6.10. The number of aryl methyl sites for hydroxylation is 1. The lowest BCUT2D eigenvalue weighted by atomic mass is 9.80. The van der Waals surface area contributed by atoms with Crippen molar-refractivity contribution < 1.29 is 19.2 Å². The molecule has 1 aliphatic carbocycles. The Balaban J connectivity index is 0.00000103. The highest BCUT2D eigenvalue weighted by molar-refractivity contribution is 6.18. The number of nitrogens with zero attached hydrogens (tertiary/aromatic N) is 2. The summed E-state index contributed by atoms with van der Waals surface area (Å²) in [6, 6.07) is 13.5. The van der Waals surface area contributed by atoms with Gasteiger partial charge in [0.05, 0.1) is 0 Å². The molecule has 2 aromatic rings. The standard InChI is InChI=1S/C30H39N3O3.C2H5NO/c1-6-22-13-15-23(16-14-22)33-29(36)32(28(35)30(33)17-8-7-9-18-30)19-26(34)31-27-24(20(2)3)11-10-12-25(27)21(4)5;1-2(3)4/h10-16,20-21H,6-9,17-19H2,1-5H3,(H,31,34);1H3,(H2,3,4). The molecule has 40 heavy (non-hydrogen) atoms. The molecule has 0 atom stereocenters. The molecule has 1 heterocycles. The molecule has 2 fully saturated rings. The number of benzene rings is 2. The number of anilines is 2. The number of carbonyl (C=O) groups excluding carboxylic acids is 4. The Labute approximate surface area is 238 Å². The fourth-order valence-corrected chi connectivity index (χ4v) is 5.71. The monoisotopic (exact) mass is 548 g/mol. The lowest BCUT2D eigenvalue weighted by Gasteiger charge is -2.38. The Morgan fingerprint density at radius 3 is 1.93 bits per heavy atom. The van der Waals surface area contributed by atoms with Gasteiger partial charge in [-0.25, -0.2) is 4.79 Å². The van der Waals surface area contributed by atoms with Gasteiger partial charge in [0.1, 0.15) is 12.1 Å². The third-order valence-electron chi connectivity index (χ3n) is 7.72. The summed E-state index contributed by atoms with van der Waals surface area (Å²) < 4.78 is 0. The largest absolute Gasteiger partial charge is 0.370 e. The first-order valence-corrected chi connectivity index (χ1v) is 14.4. The molecule has 0 unspecified atom stereocenters. The van der Waals surface area contributed by atoms with Crippen LogP contribution in [0.3, 0.4) is 0 Å². The Morgan fingerprint density at radius 1 is 0.925 bits per heavy atom. The minimum atomic E-state index is -0.901. The number of hydrogen-bond acceptors (Lipinski definition) is 4. The molecule has 1 spiro atoms. The molecule has 216 valence electrons. The van der Waals surface area contributed by atoms with E-state index in [2.05, 4.69) is 45.7 Å². The van der Waals surface area contributed by atoms with Crippen LogP contribution in [0.15, 0.2) is 42.5 Å². The minimum absolute atomic E-state index is 0.223. The minimum Gasteiger partial charge on any atom is -0.370 e. The van der Waals surface area contributed by atoms with Crippen LogP contribution >= 0.6 is 0 Å². The maximum Gasteiger partial charge on any atom is 0.332 e. The van der Waals surface area contributed by atoms with Gasteiger partial charge in [0, 0.05) is 18.3 Å². The van der Waals surface area contributed by atoms with Gasteiger partial charge in [-0.1, -0.05) is 84.2 Å². The Morgan fingerprint density at radius 2 is 1.45 bits per heavy atom. The van der Waals surface area contributed by atoms with Gasteiger partial charge in [-0.3, -0.25) is 24.2 Å². The summed E-state index contributed by atoms with van der Waals surface area (Å²) in [5.41, 5.74) is 8.37. The smallest absolute Gasteiger partial charge is 0.332 e. The zero-order valence-corrected chi connectivity index (χ0v) is 24.8. The van der Waals surface area contributed by atoms with Gasteiger partial charge in [-0.15, -0.1) is 0 Å². The second-order valence-electron chi connectivity index (χ2n) is 11.4. The maximum absolute atomic E-state index is 13.8. The fourth-order valence-electron chi connectivity index (χ4n) is 5.71. The quantitative estimate of drug-likeness (QED) is 0.407. The van der Waals surface area contributed by atoms with E-state index in [0.29, 0.717) is 12.8 Å². The van der Waals surface area contributed by atoms with Crippen LogP contribution < -0.4 is 16.0 Å². The Hall–Kier alpha value is -3.68. The highest BCUT2D eigenvalue weighted by Crippen LogP contribution is 2.43. The van der Waals surface area contributed by atoms with Gasteiger partial charge < -0.3 is 11.1 Å². The molecule has 8 nitrogen and oxygen atoms in total. The van der Waals surface area contributed by atoms with Crippen molar-refractivity contribution >= 4 is 35.1 Å². The van der Waals surface area contributed by atoms with Crippen molar-refractivity contribution in [1.82, 2.24) is 4.90 Å². The number of hydrogen-bond donors (Lipinski definition) is 2. The lowest BCUT2D eigenvalue weighted by molar-refractivity contribution is -0.134. The van der Waals surface area contributed by atoms with Crippen LogP contribution in [0.2, 0.25) is 0 Å². The first-order chi connectivity index (χ1) is 18.9. The molecule has 0 radical (unpaired) electrons. The summed E-state index contributed by atoms with van der Waals surface area (Å²) in [5, 5.41) is 3.07. The van der Waals surface area contributed by atoms with Crippen LogP contribution in [0.25, 0.3) is 0 Å². The van der Waals surface area contributed by atoms with Crippen molar-refractivity contribution in [2.24, 2.45) is 5.73 Å². The Kier molecular flexibility index (Phi) is 10.1. The van der Waals surface area contributed by atoms with Gasteiger partial charge in [0.25, 0.3) is 5.91 Å². The van der Waals surface area contributed by atoms with Crippen molar-refractivity contribution in [1.29, 1.82) is 0 Å². The van der Waals surface area contributed by atoms with Gasteiger partial charge in [-0.2, -0.15) is 0 Å². The molecule has 0 aromatic heterocycles. The second kappa shape index (κ2) is 13.1. The van der Waals surface area contributed by atoms with Crippen molar-refractivity contribution in [3.8, 4) is 0 Å².